The maximum absolute atomic E-state index is 4.85. The van der Waals surface area contributed by atoms with Crippen molar-refractivity contribution in [2.75, 3.05) is 63.8 Å². The number of piperidine rings is 1. The van der Waals surface area contributed by atoms with Gasteiger partial charge < -0.3 is 20.4 Å². The number of aliphatic imine (C=N–C) groups is 1. The highest BCUT2D eigenvalue weighted by molar-refractivity contribution is 14.0. The third-order valence-corrected chi connectivity index (χ3v) is 6.34. The zero-order valence-corrected chi connectivity index (χ0v) is 22.1. The summed E-state index contributed by atoms with van der Waals surface area (Å²) in [5, 5.41) is 7.10. The molecule has 0 aliphatic carbocycles. The molecule has 1 aromatic carbocycles. The van der Waals surface area contributed by atoms with Crippen LogP contribution in [-0.4, -0.2) is 86.7 Å². The van der Waals surface area contributed by atoms with Gasteiger partial charge in [0.25, 0.3) is 0 Å². The Balaban J connectivity index is 0.00000341. The van der Waals surface area contributed by atoms with Crippen LogP contribution in [0.25, 0.3) is 0 Å². The van der Waals surface area contributed by atoms with Crippen LogP contribution in [0.2, 0.25) is 0 Å². The van der Waals surface area contributed by atoms with Crippen LogP contribution >= 0.6 is 24.0 Å². The Morgan fingerprint density at radius 3 is 2.32 bits per heavy atom. The van der Waals surface area contributed by atoms with E-state index >= 15 is 0 Å². The molecule has 0 atom stereocenters. The van der Waals surface area contributed by atoms with E-state index in [1.807, 2.05) is 0 Å². The number of likely N-dealkylation sites (tertiary alicyclic amines) is 1. The van der Waals surface area contributed by atoms with Gasteiger partial charge in [0.05, 0.1) is 0 Å². The summed E-state index contributed by atoms with van der Waals surface area (Å²) in [4.78, 5) is 12.5. The minimum absolute atomic E-state index is 0. The third-order valence-electron chi connectivity index (χ3n) is 6.34. The van der Waals surface area contributed by atoms with Gasteiger partial charge in [0, 0.05) is 76.7 Å². The number of nitrogens with one attached hydrogen (secondary N) is 2. The number of halogens is 1. The average Bonchev–Trinajstić information content (AvgIpc) is 2.78. The Morgan fingerprint density at radius 2 is 1.71 bits per heavy atom. The highest BCUT2D eigenvalue weighted by atomic mass is 127. The summed E-state index contributed by atoms with van der Waals surface area (Å²) >= 11 is 0. The van der Waals surface area contributed by atoms with E-state index < -0.39 is 0 Å². The molecule has 0 unspecified atom stereocenters. The maximum atomic E-state index is 4.85. The first kappa shape index (κ1) is 26.2. The molecule has 31 heavy (non-hydrogen) atoms. The van der Waals surface area contributed by atoms with Crippen LogP contribution in [0.3, 0.4) is 0 Å². The molecular formula is C24H43IN6. The molecular weight excluding hydrogens is 499 g/mol. The molecule has 7 heteroatoms. The second kappa shape index (κ2) is 14.2. The predicted molar refractivity (Wildman–Crippen MR) is 144 cm³/mol. The normalized spacial score (nSPS) is 19.4. The van der Waals surface area contributed by atoms with Crippen molar-refractivity contribution in [3.8, 4) is 0 Å². The van der Waals surface area contributed by atoms with Crippen molar-refractivity contribution in [3.05, 3.63) is 30.3 Å². The van der Waals surface area contributed by atoms with Crippen LogP contribution in [0.15, 0.2) is 35.3 Å². The van der Waals surface area contributed by atoms with E-state index in [1.165, 1.54) is 31.6 Å². The van der Waals surface area contributed by atoms with Crippen LogP contribution in [0.1, 0.15) is 40.0 Å². The first-order chi connectivity index (χ1) is 14.7. The number of rotatable bonds is 8. The number of benzene rings is 1. The van der Waals surface area contributed by atoms with Gasteiger partial charge in [-0.3, -0.25) is 9.89 Å². The van der Waals surface area contributed by atoms with Gasteiger partial charge in [0.1, 0.15) is 0 Å². The van der Waals surface area contributed by atoms with Crippen LogP contribution in [0.5, 0.6) is 0 Å². The van der Waals surface area contributed by atoms with Gasteiger partial charge in [-0.2, -0.15) is 0 Å². The molecule has 0 radical (unpaired) electrons. The molecule has 2 aliphatic heterocycles. The molecule has 2 N–H and O–H groups in total. The largest absolute Gasteiger partial charge is 0.369 e. The lowest BCUT2D eigenvalue weighted by atomic mass is 10.0. The molecule has 0 amide bonds. The minimum atomic E-state index is 0. The molecule has 0 spiro atoms. The SMILES string of the molecule is CCNC(=NCCCN1CCN(c2ccccc2)CC1)NC1CCN(C(C)C)CC1.I. The molecule has 2 saturated heterocycles. The Bertz CT molecular complexity index is 622. The minimum Gasteiger partial charge on any atom is -0.369 e. The van der Waals surface area contributed by atoms with Gasteiger partial charge in [-0.05, 0) is 52.2 Å². The summed E-state index contributed by atoms with van der Waals surface area (Å²) in [5.41, 5.74) is 1.35. The fraction of sp³-hybridized carbons (Fsp3) is 0.708. The van der Waals surface area contributed by atoms with E-state index in [4.69, 9.17) is 4.99 Å². The van der Waals surface area contributed by atoms with Crippen LogP contribution in [0, 0.1) is 0 Å². The molecule has 0 aromatic heterocycles. The van der Waals surface area contributed by atoms with E-state index in [0.29, 0.717) is 12.1 Å². The molecule has 0 bridgehead atoms. The van der Waals surface area contributed by atoms with Crippen molar-refractivity contribution in [1.29, 1.82) is 0 Å². The summed E-state index contributed by atoms with van der Waals surface area (Å²) < 4.78 is 0. The summed E-state index contributed by atoms with van der Waals surface area (Å²) in [6.07, 6.45) is 3.52. The van der Waals surface area contributed by atoms with Gasteiger partial charge in [-0.1, -0.05) is 18.2 Å². The van der Waals surface area contributed by atoms with Crippen LogP contribution in [-0.2, 0) is 0 Å². The average molecular weight is 543 g/mol. The molecule has 6 nitrogen and oxygen atoms in total. The Labute approximate surface area is 206 Å². The smallest absolute Gasteiger partial charge is 0.191 e. The Morgan fingerprint density at radius 1 is 1.03 bits per heavy atom. The lowest BCUT2D eigenvalue weighted by Gasteiger charge is -2.36. The van der Waals surface area contributed by atoms with E-state index in [0.717, 1.165) is 58.2 Å². The van der Waals surface area contributed by atoms with E-state index in [1.54, 1.807) is 0 Å². The van der Waals surface area contributed by atoms with Gasteiger partial charge >= 0.3 is 0 Å². The summed E-state index contributed by atoms with van der Waals surface area (Å²) in [6.45, 7) is 16.6. The number of para-hydroxylation sites is 1. The van der Waals surface area contributed by atoms with E-state index in [2.05, 4.69) is 76.4 Å². The second-order valence-electron chi connectivity index (χ2n) is 8.83. The number of piperazine rings is 1. The standard InChI is InChI=1S/C24H42N6.HI/c1-4-25-24(27-22-11-15-29(16-12-22)21(2)3)26-13-8-14-28-17-19-30(20-18-28)23-9-6-5-7-10-23;/h5-7,9-10,21-22H,4,8,11-20H2,1-3H3,(H2,25,26,27);1H. The summed E-state index contributed by atoms with van der Waals surface area (Å²) in [7, 11) is 0. The number of nitrogens with zero attached hydrogens (tertiary/aromatic N) is 4. The van der Waals surface area contributed by atoms with E-state index in [9.17, 15) is 0 Å². The summed E-state index contributed by atoms with van der Waals surface area (Å²) in [6, 6.07) is 12.0. The highest BCUT2D eigenvalue weighted by Gasteiger charge is 2.21. The lowest BCUT2D eigenvalue weighted by Crippen LogP contribution is -2.50. The van der Waals surface area contributed by atoms with Crippen molar-refractivity contribution in [2.45, 2.75) is 52.1 Å². The lowest BCUT2D eigenvalue weighted by molar-refractivity contribution is 0.167. The number of anilines is 1. The highest BCUT2D eigenvalue weighted by Crippen LogP contribution is 2.15. The van der Waals surface area contributed by atoms with E-state index in [-0.39, 0.29) is 24.0 Å². The number of guanidine groups is 1. The Hall–Kier alpha value is -1.06. The topological polar surface area (TPSA) is 46.1 Å². The Kier molecular flexibility index (Phi) is 12.0. The first-order valence-corrected chi connectivity index (χ1v) is 12.0. The molecule has 3 rings (SSSR count). The molecule has 176 valence electrons. The van der Waals surface area contributed by atoms with Crippen molar-refractivity contribution in [3.63, 3.8) is 0 Å². The monoisotopic (exact) mass is 542 g/mol. The van der Waals surface area contributed by atoms with Gasteiger partial charge in [-0.15, -0.1) is 24.0 Å². The van der Waals surface area contributed by atoms with Gasteiger partial charge in [0.2, 0.25) is 0 Å². The molecule has 2 heterocycles. The molecule has 0 saturated carbocycles. The zero-order valence-electron chi connectivity index (χ0n) is 19.7. The predicted octanol–water partition coefficient (Wildman–Crippen LogP) is 3.24. The quantitative estimate of drug-likeness (QED) is 0.229. The van der Waals surface area contributed by atoms with Crippen LogP contribution in [0.4, 0.5) is 5.69 Å². The van der Waals surface area contributed by atoms with Crippen molar-refractivity contribution in [2.24, 2.45) is 4.99 Å². The second-order valence-corrected chi connectivity index (χ2v) is 8.83. The van der Waals surface area contributed by atoms with Crippen LogP contribution < -0.4 is 15.5 Å². The fourth-order valence-electron chi connectivity index (χ4n) is 4.43. The molecule has 2 fully saturated rings. The summed E-state index contributed by atoms with van der Waals surface area (Å²) in [5.74, 6) is 0.995. The fourth-order valence-corrected chi connectivity index (χ4v) is 4.43. The molecule has 1 aromatic rings. The number of hydrogen-bond acceptors (Lipinski definition) is 4. The first-order valence-electron chi connectivity index (χ1n) is 12.0. The maximum Gasteiger partial charge on any atom is 0.191 e. The van der Waals surface area contributed by atoms with Crippen molar-refractivity contribution >= 4 is 35.6 Å². The molecule has 2 aliphatic rings. The van der Waals surface area contributed by atoms with Crippen molar-refractivity contribution < 1.29 is 0 Å². The van der Waals surface area contributed by atoms with Crippen molar-refractivity contribution in [1.82, 2.24) is 20.4 Å². The zero-order chi connectivity index (χ0) is 21.2. The van der Waals surface area contributed by atoms with Gasteiger partial charge in [-0.25, -0.2) is 0 Å². The third kappa shape index (κ3) is 8.77. The van der Waals surface area contributed by atoms with Gasteiger partial charge in [0.15, 0.2) is 5.96 Å². The number of hydrogen-bond donors (Lipinski definition) is 2.